The summed E-state index contributed by atoms with van der Waals surface area (Å²) in [4.78, 5) is 25.1. The van der Waals surface area contributed by atoms with Crippen molar-refractivity contribution < 1.29 is 14.3 Å². The summed E-state index contributed by atoms with van der Waals surface area (Å²) in [7, 11) is 1.56. The average molecular weight is 480 g/mol. The number of aromatic nitrogens is 3. The molecule has 178 valence electrons. The third-order valence-corrected chi connectivity index (χ3v) is 6.84. The Labute approximate surface area is 203 Å². The topological polar surface area (TPSA) is 98.1 Å². The zero-order chi connectivity index (χ0) is 23.9. The first kappa shape index (κ1) is 23.8. The lowest BCUT2D eigenvalue weighted by Crippen LogP contribution is -2.17. The van der Waals surface area contributed by atoms with Crippen molar-refractivity contribution in [3.8, 4) is 5.75 Å². The second-order valence-electron chi connectivity index (χ2n) is 8.26. The van der Waals surface area contributed by atoms with Gasteiger partial charge >= 0.3 is 0 Å². The smallest absolute Gasteiger partial charge is 0.255 e. The van der Waals surface area contributed by atoms with Gasteiger partial charge < -0.3 is 19.9 Å². The van der Waals surface area contributed by atoms with Crippen molar-refractivity contribution in [2.75, 3.05) is 23.5 Å². The van der Waals surface area contributed by atoms with Gasteiger partial charge in [0, 0.05) is 17.3 Å². The monoisotopic (exact) mass is 479 g/mol. The summed E-state index contributed by atoms with van der Waals surface area (Å²) in [5, 5.41) is 15.0. The standard InChI is InChI=1S/C25H29N5O3S/c1-17-28-29-25(30(17)20-8-4-3-5-9-20)34-16-23(31)26-19-14-12-18(13-15-19)24(32)27-21-10-6-7-11-22(21)33-2/h6-7,10-15,20H,3-5,8-9,16H2,1-2H3,(H,26,31)(H,27,32). The van der Waals surface area contributed by atoms with Crippen molar-refractivity contribution in [2.45, 2.75) is 50.2 Å². The van der Waals surface area contributed by atoms with Crippen LogP contribution in [-0.2, 0) is 4.79 Å². The van der Waals surface area contributed by atoms with Crippen LogP contribution in [-0.4, -0.2) is 39.4 Å². The van der Waals surface area contributed by atoms with Gasteiger partial charge in [-0.25, -0.2) is 0 Å². The van der Waals surface area contributed by atoms with E-state index in [9.17, 15) is 9.59 Å². The second kappa shape index (κ2) is 11.2. The molecule has 0 spiro atoms. The minimum atomic E-state index is -0.254. The summed E-state index contributed by atoms with van der Waals surface area (Å²) in [5.74, 6) is 1.34. The number of carbonyl (C=O) groups excluding carboxylic acids is 2. The van der Waals surface area contributed by atoms with Crippen LogP contribution in [0.25, 0.3) is 0 Å². The number of carbonyl (C=O) groups is 2. The number of nitrogens with zero attached hydrogens (tertiary/aromatic N) is 3. The minimum absolute atomic E-state index is 0.132. The molecule has 1 aliphatic carbocycles. The van der Waals surface area contributed by atoms with Crippen LogP contribution in [0.15, 0.2) is 53.7 Å². The third-order valence-electron chi connectivity index (χ3n) is 5.89. The Kier molecular flexibility index (Phi) is 7.84. The highest BCUT2D eigenvalue weighted by atomic mass is 32.2. The molecule has 2 aromatic carbocycles. The van der Waals surface area contributed by atoms with Crippen LogP contribution in [0, 0.1) is 6.92 Å². The first-order valence-electron chi connectivity index (χ1n) is 11.4. The fourth-order valence-electron chi connectivity index (χ4n) is 4.18. The molecule has 1 saturated carbocycles. The Bertz CT molecular complexity index is 1140. The molecule has 0 radical (unpaired) electrons. The summed E-state index contributed by atoms with van der Waals surface area (Å²) in [6.07, 6.45) is 5.99. The van der Waals surface area contributed by atoms with E-state index < -0.39 is 0 Å². The summed E-state index contributed by atoms with van der Waals surface area (Å²) in [6.45, 7) is 1.97. The quantitative estimate of drug-likeness (QED) is 0.437. The van der Waals surface area contributed by atoms with Gasteiger partial charge in [-0.2, -0.15) is 0 Å². The van der Waals surface area contributed by atoms with Gasteiger partial charge in [-0.05, 0) is 56.2 Å². The van der Waals surface area contributed by atoms with Crippen molar-refractivity contribution >= 4 is 35.0 Å². The number of benzene rings is 2. The van der Waals surface area contributed by atoms with E-state index in [4.69, 9.17) is 4.74 Å². The zero-order valence-corrected chi connectivity index (χ0v) is 20.2. The third kappa shape index (κ3) is 5.77. The number of thioether (sulfide) groups is 1. The molecule has 4 rings (SSSR count). The van der Waals surface area contributed by atoms with Crippen molar-refractivity contribution in [3.63, 3.8) is 0 Å². The van der Waals surface area contributed by atoms with Crippen molar-refractivity contribution in [1.29, 1.82) is 0 Å². The lowest BCUT2D eigenvalue weighted by atomic mass is 9.95. The number of nitrogens with one attached hydrogen (secondary N) is 2. The molecule has 2 amide bonds. The summed E-state index contributed by atoms with van der Waals surface area (Å²) < 4.78 is 7.46. The maximum absolute atomic E-state index is 12.6. The largest absolute Gasteiger partial charge is 0.495 e. The van der Waals surface area contributed by atoms with E-state index in [1.807, 2.05) is 19.1 Å². The van der Waals surface area contributed by atoms with Crippen LogP contribution in [0.3, 0.4) is 0 Å². The maximum atomic E-state index is 12.6. The number of para-hydroxylation sites is 2. The molecule has 0 unspecified atom stereocenters. The van der Waals surface area contributed by atoms with Gasteiger partial charge in [-0.1, -0.05) is 43.2 Å². The van der Waals surface area contributed by atoms with Crippen molar-refractivity contribution in [3.05, 3.63) is 59.9 Å². The van der Waals surface area contributed by atoms with Crippen LogP contribution in [0.4, 0.5) is 11.4 Å². The molecule has 0 saturated heterocycles. The summed E-state index contributed by atoms with van der Waals surface area (Å²) >= 11 is 1.40. The van der Waals surface area contributed by atoms with Gasteiger partial charge in [0.2, 0.25) is 5.91 Å². The highest BCUT2D eigenvalue weighted by molar-refractivity contribution is 7.99. The molecule has 1 fully saturated rings. The van der Waals surface area contributed by atoms with Gasteiger partial charge in [0.15, 0.2) is 5.16 Å². The Hall–Kier alpha value is -3.33. The molecule has 0 atom stereocenters. The molecule has 1 heterocycles. The van der Waals surface area contributed by atoms with E-state index >= 15 is 0 Å². The molecule has 0 bridgehead atoms. The molecular weight excluding hydrogens is 450 g/mol. The fourth-order valence-corrected chi connectivity index (χ4v) is 5.03. The Morgan fingerprint density at radius 1 is 1.03 bits per heavy atom. The highest BCUT2D eigenvalue weighted by Gasteiger charge is 2.21. The Balaban J connectivity index is 1.32. The predicted octanol–water partition coefficient (Wildman–Crippen LogP) is 5.08. The van der Waals surface area contributed by atoms with E-state index in [-0.39, 0.29) is 17.6 Å². The number of rotatable bonds is 8. The van der Waals surface area contributed by atoms with Gasteiger partial charge in [0.25, 0.3) is 5.91 Å². The number of methoxy groups -OCH3 is 1. The number of anilines is 2. The summed E-state index contributed by atoms with van der Waals surface area (Å²) in [6, 6.07) is 14.4. The SMILES string of the molecule is COc1ccccc1NC(=O)c1ccc(NC(=O)CSc2nnc(C)n2C2CCCCC2)cc1. The highest BCUT2D eigenvalue weighted by Crippen LogP contribution is 2.32. The number of hydrogen-bond donors (Lipinski definition) is 2. The van der Waals surface area contributed by atoms with Crippen LogP contribution in [0.5, 0.6) is 5.75 Å². The molecule has 1 aliphatic rings. The van der Waals surface area contributed by atoms with E-state index in [0.717, 1.165) is 23.8 Å². The number of aryl methyl sites for hydroxylation is 1. The molecule has 34 heavy (non-hydrogen) atoms. The van der Waals surface area contributed by atoms with E-state index in [1.165, 1.54) is 31.0 Å². The van der Waals surface area contributed by atoms with Gasteiger partial charge in [-0.3, -0.25) is 9.59 Å². The fraction of sp³-hybridized carbons (Fsp3) is 0.360. The first-order valence-corrected chi connectivity index (χ1v) is 12.4. The lowest BCUT2D eigenvalue weighted by Gasteiger charge is -2.24. The second-order valence-corrected chi connectivity index (χ2v) is 9.20. The van der Waals surface area contributed by atoms with Crippen LogP contribution < -0.4 is 15.4 Å². The minimum Gasteiger partial charge on any atom is -0.495 e. The zero-order valence-electron chi connectivity index (χ0n) is 19.4. The Morgan fingerprint density at radius 3 is 2.50 bits per heavy atom. The predicted molar refractivity (Wildman–Crippen MR) is 134 cm³/mol. The van der Waals surface area contributed by atoms with E-state index in [1.54, 1.807) is 43.5 Å². The molecule has 2 N–H and O–H groups in total. The molecule has 1 aromatic heterocycles. The lowest BCUT2D eigenvalue weighted by molar-refractivity contribution is -0.113. The van der Waals surface area contributed by atoms with Gasteiger partial charge in [0.1, 0.15) is 11.6 Å². The van der Waals surface area contributed by atoms with Crippen molar-refractivity contribution in [2.24, 2.45) is 0 Å². The van der Waals surface area contributed by atoms with Crippen LogP contribution >= 0.6 is 11.8 Å². The summed E-state index contributed by atoms with van der Waals surface area (Å²) in [5.41, 5.74) is 1.71. The molecule has 3 aromatic rings. The molecule has 0 aliphatic heterocycles. The van der Waals surface area contributed by atoms with Gasteiger partial charge in [0.05, 0.1) is 18.6 Å². The normalized spacial score (nSPS) is 13.9. The Morgan fingerprint density at radius 2 is 1.76 bits per heavy atom. The van der Waals surface area contributed by atoms with Crippen LogP contribution in [0.2, 0.25) is 0 Å². The van der Waals surface area contributed by atoms with Crippen LogP contribution in [0.1, 0.15) is 54.3 Å². The maximum Gasteiger partial charge on any atom is 0.255 e. The molecule has 8 nitrogen and oxygen atoms in total. The number of ether oxygens (including phenoxy) is 1. The van der Waals surface area contributed by atoms with Gasteiger partial charge in [-0.15, -0.1) is 10.2 Å². The average Bonchev–Trinajstić information content (AvgIpc) is 3.24. The molecule has 9 heteroatoms. The van der Waals surface area contributed by atoms with Crippen molar-refractivity contribution in [1.82, 2.24) is 14.8 Å². The van der Waals surface area contributed by atoms with E-state index in [0.29, 0.717) is 28.7 Å². The van der Waals surface area contributed by atoms with E-state index in [2.05, 4.69) is 25.4 Å². The number of hydrogen-bond acceptors (Lipinski definition) is 6. The molecular formula is C25H29N5O3S. The first-order chi connectivity index (χ1) is 16.5. The number of amides is 2.